The summed E-state index contributed by atoms with van der Waals surface area (Å²) in [7, 11) is -0.623. The molecule has 0 aliphatic carbocycles. The van der Waals surface area contributed by atoms with Crippen molar-refractivity contribution in [3.05, 3.63) is 18.2 Å². The van der Waals surface area contributed by atoms with Crippen molar-refractivity contribution >= 4 is 21.1 Å². The van der Waals surface area contributed by atoms with Crippen LogP contribution in [0.1, 0.15) is 0 Å². The first-order valence-corrected chi connectivity index (χ1v) is 5.53. The van der Waals surface area contributed by atoms with Crippen molar-refractivity contribution in [1.82, 2.24) is 14.6 Å². The Labute approximate surface area is 86.5 Å². The van der Waals surface area contributed by atoms with Crippen LogP contribution in [0.5, 0.6) is 0 Å². The van der Waals surface area contributed by atoms with E-state index in [-0.39, 0.29) is 10.4 Å². The van der Waals surface area contributed by atoms with Gasteiger partial charge in [-0.15, -0.1) is 0 Å². The molecule has 0 aliphatic rings. The molecule has 2 rings (SSSR count). The van der Waals surface area contributed by atoms with Crippen LogP contribution in [-0.4, -0.2) is 37.1 Å². The fourth-order valence-electron chi connectivity index (χ4n) is 1.12. The lowest BCUT2D eigenvalue weighted by atomic mass is 10.3. The summed E-state index contributed by atoms with van der Waals surface area (Å²) in [5.41, 5.74) is 0.504. The van der Waals surface area contributed by atoms with Crippen molar-refractivity contribution in [1.29, 1.82) is 0 Å². The molecule has 6 nitrogen and oxygen atoms in total. The predicted molar refractivity (Wildman–Crippen MR) is 51.5 cm³/mol. The van der Waals surface area contributed by atoms with Crippen molar-refractivity contribution in [3.63, 3.8) is 0 Å². The minimum atomic E-state index is -3.52. The molecule has 0 aliphatic heterocycles. The number of hydrogen-bond acceptors (Lipinski definition) is 5. The molecule has 79 valence electrons. The Morgan fingerprint density at radius 2 is 2.13 bits per heavy atom. The molecule has 1 radical (unpaired) electrons. The van der Waals surface area contributed by atoms with Crippen LogP contribution in [0.3, 0.4) is 0 Å². The van der Waals surface area contributed by atoms with Gasteiger partial charge in [0, 0.05) is 20.2 Å². The first kappa shape index (κ1) is 10.1. The van der Waals surface area contributed by atoms with E-state index in [1.54, 1.807) is 0 Å². The Bertz CT molecular complexity index is 588. The van der Waals surface area contributed by atoms with E-state index in [9.17, 15) is 8.42 Å². The van der Waals surface area contributed by atoms with Crippen LogP contribution in [0, 0.1) is 6.07 Å². The quantitative estimate of drug-likeness (QED) is 0.734. The van der Waals surface area contributed by atoms with Gasteiger partial charge in [0.15, 0.2) is 5.52 Å². The largest absolute Gasteiger partial charge is 0.244 e. The van der Waals surface area contributed by atoms with E-state index < -0.39 is 10.0 Å². The zero-order chi connectivity index (χ0) is 11.1. The zero-order valence-electron chi connectivity index (χ0n) is 8.13. The highest BCUT2D eigenvalue weighted by Gasteiger charge is 2.22. The van der Waals surface area contributed by atoms with Gasteiger partial charge < -0.3 is 0 Å². The maximum Gasteiger partial charge on any atom is 0.244 e. The van der Waals surface area contributed by atoms with Gasteiger partial charge in [0.05, 0.1) is 0 Å². The topological polar surface area (TPSA) is 76.3 Å². The molecular formula is C8H8N3O3S. The van der Waals surface area contributed by atoms with Gasteiger partial charge in [0.1, 0.15) is 10.4 Å². The molecule has 0 atom stereocenters. The molecule has 0 saturated carbocycles. The van der Waals surface area contributed by atoms with Gasteiger partial charge in [-0.3, -0.25) is 0 Å². The first-order valence-electron chi connectivity index (χ1n) is 4.09. The summed E-state index contributed by atoms with van der Waals surface area (Å²) in [5, 5.41) is 7.07. The molecular weight excluding hydrogens is 218 g/mol. The van der Waals surface area contributed by atoms with Crippen molar-refractivity contribution in [3.8, 4) is 0 Å². The summed E-state index contributed by atoms with van der Waals surface area (Å²) < 4.78 is 29.3. The summed E-state index contributed by atoms with van der Waals surface area (Å²) in [6, 6.07) is 5.63. The molecule has 15 heavy (non-hydrogen) atoms. The van der Waals surface area contributed by atoms with Crippen molar-refractivity contribution in [2.45, 2.75) is 4.90 Å². The van der Waals surface area contributed by atoms with Gasteiger partial charge in [0.25, 0.3) is 0 Å². The lowest BCUT2D eigenvalue weighted by molar-refractivity contribution is 0.315. The molecule has 0 amide bonds. The minimum absolute atomic E-state index is 0.0718. The van der Waals surface area contributed by atoms with E-state index in [4.69, 9.17) is 0 Å². The Kier molecular flexibility index (Phi) is 2.20. The standard InChI is InChI=1S/C8H8N3O3S/c1-11(2)15(12,13)7-5-3-4-6-8(7)10-14-9-6/h3,5H,1-2H3. The molecule has 2 aromatic rings. The molecule has 1 aromatic carbocycles. The molecule has 0 unspecified atom stereocenters. The summed E-state index contributed by atoms with van der Waals surface area (Å²) in [4.78, 5) is 0.0718. The Morgan fingerprint density at radius 1 is 1.40 bits per heavy atom. The van der Waals surface area contributed by atoms with E-state index in [2.05, 4.69) is 21.0 Å². The van der Waals surface area contributed by atoms with Gasteiger partial charge in [0.2, 0.25) is 10.0 Å². The second kappa shape index (κ2) is 3.28. The molecule has 1 aromatic heterocycles. The molecule has 0 spiro atoms. The van der Waals surface area contributed by atoms with Crippen LogP contribution in [-0.2, 0) is 10.0 Å². The third-order valence-corrected chi connectivity index (χ3v) is 3.78. The Morgan fingerprint density at radius 3 is 2.80 bits per heavy atom. The Hall–Kier alpha value is -1.47. The third kappa shape index (κ3) is 1.49. The van der Waals surface area contributed by atoms with Gasteiger partial charge in [-0.25, -0.2) is 17.4 Å². The maximum atomic E-state index is 11.8. The van der Waals surface area contributed by atoms with E-state index in [0.717, 1.165) is 4.31 Å². The van der Waals surface area contributed by atoms with E-state index in [0.29, 0.717) is 5.52 Å². The first-order chi connectivity index (χ1) is 7.03. The zero-order valence-corrected chi connectivity index (χ0v) is 8.95. The fraction of sp³-hybridized carbons (Fsp3) is 0.250. The second-order valence-corrected chi connectivity index (χ2v) is 5.21. The van der Waals surface area contributed by atoms with Crippen LogP contribution in [0.2, 0.25) is 0 Å². The number of sulfonamides is 1. The van der Waals surface area contributed by atoms with E-state index in [1.165, 1.54) is 26.2 Å². The lowest BCUT2D eigenvalue weighted by Crippen LogP contribution is -2.22. The van der Waals surface area contributed by atoms with E-state index >= 15 is 0 Å². The average Bonchev–Trinajstić information content (AvgIpc) is 2.64. The molecule has 0 saturated heterocycles. The van der Waals surface area contributed by atoms with Crippen molar-refractivity contribution in [2.24, 2.45) is 0 Å². The summed E-state index contributed by atoms with van der Waals surface area (Å²) in [6.07, 6.45) is 0. The predicted octanol–water partition coefficient (Wildman–Crippen LogP) is 0.273. The smallest absolute Gasteiger partial charge is 0.243 e. The number of fused-ring (bicyclic) bond motifs is 1. The van der Waals surface area contributed by atoms with Gasteiger partial charge >= 0.3 is 0 Å². The summed E-state index contributed by atoms with van der Waals surface area (Å²) in [5.74, 6) is 0. The van der Waals surface area contributed by atoms with Crippen LogP contribution in [0.25, 0.3) is 11.0 Å². The number of hydrogen-bond donors (Lipinski definition) is 0. The number of rotatable bonds is 2. The van der Waals surface area contributed by atoms with Crippen LogP contribution >= 0.6 is 0 Å². The van der Waals surface area contributed by atoms with Gasteiger partial charge in [-0.1, -0.05) is 6.07 Å². The van der Waals surface area contributed by atoms with Gasteiger partial charge in [-0.2, -0.15) is 0 Å². The maximum absolute atomic E-state index is 11.8. The summed E-state index contributed by atoms with van der Waals surface area (Å²) >= 11 is 0. The number of benzene rings is 1. The van der Waals surface area contributed by atoms with Gasteiger partial charge in [-0.05, 0) is 16.4 Å². The molecule has 1 heterocycles. The highest BCUT2D eigenvalue weighted by molar-refractivity contribution is 7.89. The normalized spacial score (nSPS) is 12.5. The van der Waals surface area contributed by atoms with Crippen LogP contribution < -0.4 is 0 Å². The second-order valence-electron chi connectivity index (χ2n) is 3.09. The van der Waals surface area contributed by atoms with Crippen molar-refractivity contribution < 1.29 is 13.0 Å². The minimum Gasteiger partial charge on any atom is -0.243 e. The average molecular weight is 226 g/mol. The molecule has 0 N–H and O–H groups in total. The van der Waals surface area contributed by atoms with E-state index in [1.807, 2.05) is 0 Å². The number of aromatic nitrogens is 2. The summed E-state index contributed by atoms with van der Waals surface area (Å²) in [6.45, 7) is 0. The van der Waals surface area contributed by atoms with Crippen molar-refractivity contribution in [2.75, 3.05) is 14.1 Å². The van der Waals surface area contributed by atoms with Crippen LogP contribution in [0.4, 0.5) is 0 Å². The van der Waals surface area contributed by atoms with Crippen LogP contribution in [0.15, 0.2) is 21.7 Å². The highest BCUT2D eigenvalue weighted by Crippen LogP contribution is 2.21. The SMILES string of the molecule is CN(C)S(=O)(=O)c1cc[c]c2nonc12. The lowest BCUT2D eigenvalue weighted by Gasteiger charge is -2.10. The molecule has 0 fully saturated rings. The monoisotopic (exact) mass is 226 g/mol. The Balaban J connectivity index is 2.77. The molecule has 7 heteroatoms. The molecule has 0 bridgehead atoms. The number of nitrogens with zero attached hydrogens (tertiary/aromatic N) is 3. The third-order valence-electron chi connectivity index (χ3n) is 1.94. The highest BCUT2D eigenvalue weighted by atomic mass is 32.2. The fourth-order valence-corrected chi connectivity index (χ4v) is 2.14.